The van der Waals surface area contributed by atoms with Crippen molar-refractivity contribution in [1.29, 1.82) is 0 Å². The van der Waals surface area contributed by atoms with E-state index in [4.69, 9.17) is 16.2 Å². The Kier molecular flexibility index (Phi) is 15.0. The van der Waals surface area contributed by atoms with Gasteiger partial charge in [0.25, 0.3) is 0 Å². The van der Waals surface area contributed by atoms with Gasteiger partial charge in [0.05, 0.1) is 0 Å². The Labute approximate surface area is 278 Å². The van der Waals surface area contributed by atoms with Crippen LogP contribution in [0.3, 0.4) is 0 Å². The Morgan fingerprint density at radius 2 is 1.00 bits per heavy atom. The van der Waals surface area contributed by atoms with Crippen molar-refractivity contribution in [2.45, 2.75) is 89.1 Å². The van der Waals surface area contributed by atoms with Crippen LogP contribution in [0.25, 0.3) is 0 Å². The fourth-order valence-electron chi connectivity index (χ4n) is 4.49. The molecule has 0 aliphatic rings. The number of benzene rings is 2. The summed E-state index contributed by atoms with van der Waals surface area (Å²) < 4.78 is 5.21. The maximum atomic E-state index is 13.6. The largest absolute Gasteiger partial charge is 0.480 e. The minimum Gasteiger partial charge on any atom is -0.480 e. The van der Waals surface area contributed by atoms with E-state index >= 15 is 0 Å². The van der Waals surface area contributed by atoms with Gasteiger partial charge in [0, 0.05) is 25.7 Å². The third-order valence-electron chi connectivity index (χ3n) is 6.81. The number of carbonyl (C=O) groups is 7. The minimum absolute atomic E-state index is 0.0252. The Morgan fingerprint density at radius 1 is 0.625 bits per heavy atom. The first-order chi connectivity index (χ1) is 22.5. The highest BCUT2D eigenvalue weighted by Crippen LogP contribution is 2.11. The average Bonchev–Trinajstić information content (AvgIpc) is 3.00. The van der Waals surface area contributed by atoms with Gasteiger partial charge in [-0.15, -0.1) is 0 Å². The Bertz CT molecular complexity index is 1430. The number of hydrogen-bond acceptors (Lipinski definition) is 8. The lowest BCUT2D eigenvalue weighted by Crippen LogP contribution is -2.58. The summed E-state index contributed by atoms with van der Waals surface area (Å²) in [7, 11) is 0. The van der Waals surface area contributed by atoms with Crippen LogP contribution in [0.2, 0.25) is 0 Å². The first-order valence-corrected chi connectivity index (χ1v) is 15.3. The van der Waals surface area contributed by atoms with Crippen molar-refractivity contribution in [3.05, 3.63) is 71.8 Å². The van der Waals surface area contributed by atoms with E-state index in [1.165, 1.54) is 0 Å². The zero-order valence-corrected chi connectivity index (χ0v) is 27.2. The Hall–Kier alpha value is -5.47. The number of amides is 6. The number of primary amides is 2. The van der Waals surface area contributed by atoms with Crippen LogP contribution in [0.1, 0.15) is 57.6 Å². The first-order valence-electron chi connectivity index (χ1n) is 15.3. The van der Waals surface area contributed by atoms with E-state index in [2.05, 4.69) is 21.3 Å². The SMILES string of the molecule is CC(C)(C)OC(=O)NC(CCC(N)=O)C(=O)NC(CCC(N)=O)C(=O)NC(Cc1ccccc1)C(=O)NC(Cc1ccccc1)C(=O)O. The summed E-state index contributed by atoms with van der Waals surface area (Å²) in [6, 6.07) is 11.8. The van der Waals surface area contributed by atoms with Gasteiger partial charge in [-0.05, 0) is 44.7 Å². The fourth-order valence-corrected chi connectivity index (χ4v) is 4.49. The Morgan fingerprint density at radius 3 is 1.42 bits per heavy atom. The van der Waals surface area contributed by atoms with Gasteiger partial charge in [0.2, 0.25) is 29.5 Å². The van der Waals surface area contributed by atoms with Crippen molar-refractivity contribution in [2.75, 3.05) is 0 Å². The van der Waals surface area contributed by atoms with Crippen molar-refractivity contribution in [3.8, 4) is 0 Å². The lowest BCUT2D eigenvalue weighted by atomic mass is 10.0. The average molecular weight is 669 g/mol. The lowest BCUT2D eigenvalue weighted by molar-refractivity contribution is -0.142. The van der Waals surface area contributed by atoms with E-state index < -0.39 is 71.4 Å². The van der Waals surface area contributed by atoms with Gasteiger partial charge in [-0.2, -0.15) is 0 Å². The van der Waals surface area contributed by atoms with Crippen molar-refractivity contribution >= 4 is 41.6 Å². The number of alkyl carbamates (subject to hydrolysis) is 1. The minimum atomic E-state index is -1.44. The second kappa shape index (κ2) is 18.6. The molecule has 15 nitrogen and oxygen atoms in total. The van der Waals surface area contributed by atoms with Crippen LogP contribution in [0.4, 0.5) is 4.79 Å². The van der Waals surface area contributed by atoms with Gasteiger partial charge in [-0.3, -0.25) is 24.0 Å². The molecule has 0 bridgehead atoms. The highest BCUT2D eigenvalue weighted by molar-refractivity contribution is 5.95. The molecular formula is C33H44N6O9. The molecule has 48 heavy (non-hydrogen) atoms. The summed E-state index contributed by atoms with van der Waals surface area (Å²) in [5, 5.41) is 19.7. The molecule has 0 heterocycles. The highest BCUT2D eigenvalue weighted by Gasteiger charge is 2.32. The number of hydrogen-bond donors (Lipinski definition) is 7. The first kappa shape index (κ1) is 38.7. The zero-order chi connectivity index (χ0) is 35.9. The molecule has 0 fully saturated rings. The predicted molar refractivity (Wildman–Crippen MR) is 174 cm³/mol. The van der Waals surface area contributed by atoms with Crippen molar-refractivity contribution in [3.63, 3.8) is 0 Å². The maximum Gasteiger partial charge on any atom is 0.408 e. The molecule has 0 radical (unpaired) electrons. The maximum absolute atomic E-state index is 13.6. The van der Waals surface area contributed by atoms with E-state index in [1.54, 1.807) is 81.4 Å². The molecule has 2 aromatic rings. The van der Waals surface area contributed by atoms with E-state index in [0.29, 0.717) is 11.1 Å². The molecule has 15 heteroatoms. The monoisotopic (exact) mass is 668 g/mol. The molecule has 0 spiro atoms. The van der Waals surface area contributed by atoms with Crippen molar-refractivity contribution in [1.82, 2.24) is 21.3 Å². The van der Waals surface area contributed by atoms with Crippen LogP contribution in [0, 0.1) is 0 Å². The molecule has 260 valence electrons. The van der Waals surface area contributed by atoms with E-state index in [-0.39, 0.29) is 38.5 Å². The molecule has 0 aliphatic carbocycles. The summed E-state index contributed by atoms with van der Waals surface area (Å²) in [6.07, 6.45) is -2.18. The lowest BCUT2D eigenvalue weighted by Gasteiger charge is -2.27. The summed E-state index contributed by atoms with van der Waals surface area (Å²) >= 11 is 0. The molecule has 4 unspecified atom stereocenters. The van der Waals surface area contributed by atoms with Gasteiger partial charge in [-0.25, -0.2) is 9.59 Å². The molecule has 2 rings (SSSR count). The number of nitrogens with one attached hydrogen (secondary N) is 4. The van der Waals surface area contributed by atoms with E-state index in [9.17, 15) is 38.7 Å². The number of rotatable bonds is 18. The molecule has 9 N–H and O–H groups in total. The van der Waals surface area contributed by atoms with Crippen LogP contribution in [0.5, 0.6) is 0 Å². The molecule has 0 saturated heterocycles. The third kappa shape index (κ3) is 14.7. The highest BCUT2D eigenvalue weighted by atomic mass is 16.6. The molecule has 6 amide bonds. The van der Waals surface area contributed by atoms with Crippen LogP contribution in [-0.4, -0.2) is 76.5 Å². The van der Waals surface area contributed by atoms with Gasteiger partial charge < -0.3 is 42.6 Å². The number of nitrogens with two attached hydrogens (primary N) is 2. The number of carbonyl (C=O) groups excluding carboxylic acids is 6. The standard InChI is InChI=1S/C33H44N6O9/c1-33(2,3)48-32(47)39-23(15-17-27(35)41)29(43)36-22(14-16-26(34)40)28(42)37-24(18-20-10-6-4-7-11-20)30(44)38-25(31(45)46)19-21-12-8-5-9-13-21/h4-13,22-25H,14-19H2,1-3H3,(H2,34,40)(H2,35,41)(H,36,43)(H,37,42)(H,38,44)(H,39,47)(H,45,46). The molecule has 0 saturated carbocycles. The molecule has 4 atom stereocenters. The smallest absolute Gasteiger partial charge is 0.408 e. The van der Waals surface area contributed by atoms with Crippen LogP contribution in [-0.2, 0) is 46.3 Å². The molecular weight excluding hydrogens is 624 g/mol. The fraction of sp³-hybridized carbons (Fsp3) is 0.424. The normalized spacial score (nSPS) is 13.5. The second-order valence-corrected chi connectivity index (χ2v) is 12.1. The molecule has 0 aliphatic heterocycles. The van der Waals surface area contributed by atoms with Crippen LogP contribution in [0.15, 0.2) is 60.7 Å². The second-order valence-electron chi connectivity index (χ2n) is 12.1. The number of aliphatic carboxylic acids is 1. The quantitative estimate of drug-likeness (QED) is 0.116. The summed E-state index contributed by atoms with van der Waals surface area (Å²) in [6.45, 7) is 4.83. The molecule has 0 aromatic heterocycles. The summed E-state index contributed by atoms with van der Waals surface area (Å²) in [5.41, 5.74) is 10.9. The van der Waals surface area contributed by atoms with Crippen molar-refractivity contribution in [2.24, 2.45) is 11.5 Å². The van der Waals surface area contributed by atoms with Crippen LogP contribution >= 0.6 is 0 Å². The van der Waals surface area contributed by atoms with Gasteiger partial charge in [0.1, 0.15) is 29.8 Å². The van der Waals surface area contributed by atoms with Gasteiger partial charge in [0.15, 0.2) is 0 Å². The number of carboxylic acid groups (broad SMARTS) is 1. The topological polar surface area (TPSA) is 249 Å². The number of ether oxygens (including phenoxy) is 1. The van der Waals surface area contributed by atoms with E-state index in [0.717, 1.165) is 0 Å². The molecule has 2 aromatic carbocycles. The number of carboxylic acids is 1. The third-order valence-corrected chi connectivity index (χ3v) is 6.81. The summed E-state index contributed by atoms with van der Waals surface area (Å²) in [4.78, 5) is 88.1. The van der Waals surface area contributed by atoms with E-state index in [1.807, 2.05) is 0 Å². The zero-order valence-electron chi connectivity index (χ0n) is 27.2. The summed E-state index contributed by atoms with van der Waals surface area (Å²) in [5.74, 6) is -5.40. The van der Waals surface area contributed by atoms with Gasteiger partial charge >= 0.3 is 12.1 Å². The van der Waals surface area contributed by atoms with Crippen molar-refractivity contribution < 1.29 is 43.4 Å². The van der Waals surface area contributed by atoms with Gasteiger partial charge in [-0.1, -0.05) is 60.7 Å². The van der Waals surface area contributed by atoms with Crippen LogP contribution < -0.4 is 32.7 Å². The Balaban J connectivity index is 2.33. The predicted octanol–water partition coefficient (Wildman–Crippen LogP) is 0.435.